The van der Waals surface area contributed by atoms with Crippen LogP contribution in [-0.4, -0.2) is 31.6 Å². The lowest BCUT2D eigenvalue weighted by atomic mass is 10.1. The van der Waals surface area contributed by atoms with Gasteiger partial charge in [-0.3, -0.25) is 0 Å². The predicted molar refractivity (Wildman–Crippen MR) is 102 cm³/mol. The van der Waals surface area contributed by atoms with Crippen molar-refractivity contribution in [1.29, 1.82) is 0 Å². The maximum absolute atomic E-state index is 11.5. The van der Waals surface area contributed by atoms with E-state index >= 15 is 0 Å². The van der Waals surface area contributed by atoms with Gasteiger partial charge in [-0.1, -0.05) is 39.6 Å². The molecule has 130 valence electrons. The van der Waals surface area contributed by atoms with E-state index in [4.69, 9.17) is 14.2 Å². The van der Waals surface area contributed by atoms with E-state index in [1.165, 1.54) is 7.11 Å². The number of benzene rings is 2. The smallest absolute Gasteiger partial charge is 0.337 e. The molecule has 0 amide bonds. The first-order chi connectivity index (χ1) is 12.7. The molecule has 2 aromatic carbocycles. The van der Waals surface area contributed by atoms with Crippen molar-refractivity contribution in [2.24, 2.45) is 0 Å². The molecule has 5 heteroatoms. The summed E-state index contributed by atoms with van der Waals surface area (Å²) in [5.41, 5.74) is 2.82. The number of hydrogen-bond donors (Lipinski definition) is 0. The van der Waals surface area contributed by atoms with Gasteiger partial charge < -0.3 is 14.2 Å². The number of carbonyl (C=O) groups is 1. The molecule has 0 atom stereocenters. The van der Waals surface area contributed by atoms with E-state index in [0.29, 0.717) is 35.6 Å². The van der Waals surface area contributed by atoms with Gasteiger partial charge in [0.2, 0.25) is 0 Å². The third-order valence-corrected chi connectivity index (χ3v) is 3.90. The van der Waals surface area contributed by atoms with Gasteiger partial charge in [-0.2, -0.15) is 0 Å². The normalized spacial score (nSPS) is 11.5. The number of alkyl halides is 1. The second-order valence-electron chi connectivity index (χ2n) is 5.30. The highest BCUT2D eigenvalue weighted by Gasteiger charge is 2.14. The van der Waals surface area contributed by atoms with Gasteiger partial charge in [0.25, 0.3) is 0 Å². The highest BCUT2D eigenvalue weighted by molar-refractivity contribution is 9.09. The van der Waals surface area contributed by atoms with E-state index in [2.05, 4.69) is 39.6 Å². The summed E-state index contributed by atoms with van der Waals surface area (Å²) in [5, 5.41) is 0.573. The molecule has 1 heterocycles. The molecule has 1 aliphatic heterocycles. The van der Waals surface area contributed by atoms with Crippen LogP contribution in [0.15, 0.2) is 36.4 Å². The van der Waals surface area contributed by atoms with Crippen molar-refractivity contribution < 1.29 is 19.0 Å². The summed E-state index contributed by atoms with van der Waals surface area (Å²) in [5.74, 6) is 13.3. The molecule has 2 aromatic rings. The van der Waals surface area contributed by atoms with Crippen molar-refractivity contribution in [2.45, 2.75) is 0 Å². The van der Waals surface area contributed by atoms with Crippen molar-refractivity contribution in [1.82, 2.24) is 0 Å². The SMILES string of the molecule is COC(=O)c1ccc(C#Cc2cc3c(cc2C#CCBr)OCCO3)cc1. The summed E-state index contributed by atoms with van der Waals surface area (Å²) in [6, 6.07) is 10.6. The quantitative estimate of drug-likeness (QED) is 0.410. The Bertz CT molecular complexity index is 940. The minimum atomic E-state index is -0.372. The maximum atomic E-state index is 11.5. The van der Waals surface area contributed by atoms with Crippen LogP contribution >= 0.6 is 15.9 Å². The Morgan fingerprint density at radius 3 is 2.23 bits per heavy atom. The Morgan fingerprint density at radius 2 is 1.65 bits per heavy atom. The Labute approximate surface area is 160 Å². The van der Waals surface area contributed by atoms with Crippen molar-refractivity contribution >= 4 is 21.9 Å². The average Bonchev–Trinajstić information content (AvgIpc) is 2.70. The number of rotatable bonds is 1. The number of esters is 1. The van der Waals surface area contributed by atoms with Gasteiger partial charge in [0.15, 0.2) is 11.5 Å². The molecule has 3 rings (SSSR count). The molecule has 0 saturated carbocycles. The van der Waals surface area contributed by atoms with Crippen molar-refractivity contribution in [3.8, 4) is 35.2 Å². The van der Waals surface area contributed by atoms with Crippen molar-refractivity contribution in [3.05, 3.63) is 58.7 Å². The lowest BCUT2D eigenvalue weighted by molar-refractivity contribution is 0.0600. The van der Waals surface area contributed by atoms with Gasteiger partial charge in [-0.15, -0.1) is 0 Å². The predicted octanol–water partition coefficient (Wildman–Crippen LogP) is 3.39. The van der Waals surface area contributed by atoms with Crippen LogP contribution in [0.4, 0.5) is 0 Å². The van der Waals surface area contributed by atoms with Gasteiger partial charge in [-0.25, -0.2) is 4.79 Å². The second kappa shape index (κ2) is 8.47. The molecule has 26 heavy (non-hydrogen) atoms. The fourth-order valence-corrected chi connectivity index (χ4v) is 2.51. The molecule has 0 spiro atoms. The zero-order chi connectivity index (χ0) is 18.4. The van der Waals surface area contributed by atoms with Gasteiger partial charge in [0.05, 0.1) is 18.0 Å². The average molecular weight is 411 g/mol. The number of ether oxygens (including phenoxy) is 3. The second-order valence-corrected chi connectivity index (χ2v) is 5.86. The molecule has 0 saturated heterocycles. The van der Waals surface area contributed by atoms with Crippen molar-refractivity contribution in [3.63, 3.8) is 0 Å². The van der Waals surface area contributed by atoms with Crippen LogP contribution in [-0.2, 0) is 4.74 Å². The highest BCUT2D eigenvalue weighted by Crippen LogP contribution is 2.32. The largest absolute Gasteiger partial charge is 0.486 e. The van der Waals surface area contributed by atoms with Crippen molar-refractivity contribution in [2.75, 3.05) is 25.7 Å². The molecule has 0 fully saturated rings. The van der Waals surface area contributed by atoms with Gasteiger partial charge in [0, 0.05) is 28.8 Å². The van der Waals surface area contributed by atoms with Crippen LogP contribution in [0, 0.1) is 23.7 Å². The summed E-state index contributed by atoms with van der Waals surface area (Å²) in [4.78, 5) is 11.5. The number of hydrogen-bond acceptors (Lipinski definition) is 4. The molecule has 0 aliphatic carbocycles. The van der Waals surface area contributed by atoms with E-state index in [9.17, 15) is 4.79 Å². The van der Waals surface area contributed by atoms with Crippen LogP contribution < -0.4 is 9.47 Å². The zero-order valence-electron chi connectivity index (χ0n) is 14.1. The van der Waals surface area contributed by atoms with Crippen LogP contribution in [0.2, 0.25) is 0 Å². The topological polar surface area (TPSA) is 44.8 Å². The van der Waals surface area contributed by atoms with Gasteiger partial charge in [0.1, 0.15) is 13.2 Å². The molecule has 0 unspecified atom stereocenters. The Balaban J connectivity index is 1.94. The van der Waals surface area contributed by atoms with Crippen LogP contribution in [0.25, 0.3) is 0 Å². The van der Waals surface area contributed by atoms with E-state index in [1.807, 2.05) is 12.1 Å². The Hall–Kier alpha value is -2.89. The first-order valence-corrected chi connectivity index (χ1v) is 9.02. The molecule has 4 nitrogen and oxygen atoms in total. The third kappa shape index (κ3) is 4.20. The summed E-state index contributed by atoms with van der Waals surface area (Å²) in [6.07, 6.45) is 0. The number of carbonyl (C=O) groups excluding carboxylic acids is 1. The van der Waals surface area contributed by atoms with E-state index < -0.39 is 0 Å². The first-order valence-electron chi connectivity index (χ1n) is 7.90. The first kappa shape index (κ1) is 17.9. The third-order valence-electron chi connectivity index (χ3n) is 3.62. The van der Waals surface area contributed by atoms with Gasteiger partial charge in [-0.05, 0) is 24.3 Å². The van der Waals surface area contributed by atoms with Gasteiger partial charge >= 0.3 is 5.97 Å². The lowest BCUT2D eigenvalue weighted by Gasteiger charge is -2.19. The summed E-state index contributed by atoms with van der Waals surface area (Å²) >= 11 is 3.30. The van der Waals surface area contributed by atoms with Crippen LogP contribution in [0.3, 0.4) is 0 Å². The standard InChI is InChI=1S/C21H15BrO4/c1-24-21(23)16-7-4-15(5-8-16)6-9-18-14-20-19(25-11-12-26-20)13-17(18)3-2-10-22/h4-5,7-8,13-14H,10-12H2,1H3. The lowest BCUT2D eigenvalue weighted by Crippen LogP contribution is -2.15. The molecular weight excluding hydrogens is 396 g/mol. The molecule has 0 aromatic heterocycles. The Kier molecular flexibility index (Phi) is 5.84. The van der Waals surface area contributed by atoms with E-state index in [1.54, 1.807) is 24.3 Å². The molecule has 1 aliphatic rings. The molecular formula is C21H15BrO4. The maximum Gasteiger partial charge on any atom is 0.337 e. The van der Waals surface area contributed by atoms with E-state index in [0.717, 1.165) is 16.7 Å². The molecule has 0 N–H and O–H groups in total. The van der Waals surface area contributed by atoms with Crippen LogP contribution in [0.1, 0.15) is 27.0 Å². The zero-order valence-corrected chi connectivity index (χ0v) is 15.7. The minimum Gasteiger partial charge on any atom is -0.486 e. The summed E-state index contributed by atoms with van der Waals surface area (Å²) in [6.45, 7) is 1.04. The van der Waals surface area contributed by atoms with E-state index in [-0.39, 0.29) is 5.97 Å². The molecule has 0 radical (unpaired) electrons. The summed E-state index contributed by atoms with van der Waals surface area (Å²) < 4.78 is 15.9. The number of fused-ring (bicyclic) bond motifs is 1. The fraction of sp³-hybridized carbons (Fsp3) is 0.190. The molecule has 0 bridgehead atoms. The minimum absolute atomic E-state index is 0.372. The monoisotopic (exact) mass is 410 g/mol. The number of methoxy groups -OCH3 is 1. The number of halogens is 1. The summed E-state index contributed by atoms with van der Waals surface area (Å²) in [7, 11) is 1.35. The Morgan fingerprint density at radius 1 is 1.04 bits per heavy atom. The highest BCUT2D eigenvalue weighted by atomic mass is 79.9. The van der Waals surface area contributed by atoms with Crippen LogP contribution in [0.5, 0.6) is 11.5 Å². The fourth-order valence-electron chi connectivity index (χ4n) is 2.37.